The lowest BCUT2D eigenvalue weighted by molar-refractivity contribution is 0.458. The molecule has 0 aliphatic carbocycles. The number of nitrogens with one attached hydrogen (secondary N) is 1. The smallest absolute Gasteiger partial charge is 0.243 e. The third kappa shape index (κ3) is 0.739. The SMILES string of the molecule is Cc1[nH]nc2c(O)ncnc12. The lowest BCUT2D eigenvalue weighted by Gasteiger charge is -1.88. The molecule has 0 fully saturated rings. The van der Waals surface area contributed by atoms with Crippen molar-refractivity contribution in [3.05, 3.63) is 12.0 Å². The van der Waals surface area contributed by atoms with Crippen molar-refractivity contribution >= 4 is 11.0 Å². The first-order chi connectivity index (χ1) is 5.29. The van der Waals surface area contributed by atoms with Crippen molar-refractivity contribution in [2.75, 3.05) is 0 Å². The van der Waals surface area contributed by atoms with Crippen molar-refractivity contribution in [3.63, 3.8) is 0 Å². The van der Waals surface area contributed by atoms with Gasteiger partial charge >= 0.3 is 0 Å². The highest BCUT2D eigenvalue weighted by Crippen LogP contribution is 2.18. The first-order valence-electron chi connectivity index (χ1n) is 3.13. The van der Waals surface area contributed by atoms with E-state index in [0.717, 1.165) is 5.69 Å². The molecule has 2 aromatic rings. The zero-order chi connectivity index (χ0) is 7.84. The summed E-state index contributed by atoms with van der Waals surface area (Å²) in [6.45, 7) is 1.84. The Bertz CT molecular complexity index is 394. The maximum absolute atomic E-state index is 9.15. The summed E-state index contributed by atoms with van der Waals surface area (Å²) in [6.07, 6.45) is 1.31. The summed E-state index contributed by atoms with van der Waals surface area (Å²) in [5.74, 6) is -0.0839. The molecule has 0 unspecified atom stereocenters. The Morgan fingerprint density at radius 1 is 1.36 bits per heavy atom. The summed E-state index contributed by atoms with van der Waals surface area (Å²) in [4.78, 5) is 7.52. The van der Waals surface area contributed by atoms with Gasteiger partial charge in [-0.2, -0.15) is 10.1 Å². The maximum atomic E-state index is 9.15. The van der Waals surface area contributed by atoms with Crippen LogP contribution in [0.2, 0.25) is 0 Å². The van der Waals surface area contributed by atoms with E-state index in [4.69, 9.17) is 5.11 Å². The van der Waals surface area contributed by atoms with Crippen LogP contribution in [0.1, 0.15) is 5.69 Å². The third-order valence-corrected chi connectivity index (χ3v) is 1.49. The Balaban J connectivity index is 2.94. The highest BCUT2D eigenvalue weighted by Gasteiger charge is 2.06. The predicted molar refractivity (Wildman–Crippen MR) is 38.1 cm³/mol. The molecule has 5 nitrogen and oxygen atoms in total. The fraction of sp³-hybridized carbons (Fsp3) is 0.167. The summed E-state index contributed by atoms with van der Waals surface area (Å²) in [5.41, 5.74) is 1.92. The highest BCUT2D eigenvalue weighted by molar-refractivity contribution is 5.80. The number of aromatic nitrogens is 4. The zero-order valence-electron chi connectivity index (χ0n) is 5.87. The number of aromatic hydroxyl groups is 1. The minimum Gasteiger partial charge on any atom is -0.492 e. The van der Waals surface area contributed by atoms with Crippen LogP contribution in [0.15, 0.2) is 6.33 Å². The Morgan fingerprint density at radius 2 is 2.18 bits per heavy atom. The van der Waals surface area contributed by atoms with E-state index in [2.05, 4.69) is 20.2 Å². The largest absolute Gasteiger partial charge is 0.492 e. The van der Waals surface area contributed by atoms with Gasteiger partial charge in [-0.15, -0.1) is 0 Å². The number of aromatic amines is 1. The molecule has 0 saturated heterocycles. The number of hydrogen-bond acceptors (Lipinski definition) is 4. The molecule has 2 rings (SSSR count). The minimum absolute atomic E-state index is 0.0839. The summed E-state index contributed by atoms with van der Waals surface area (Å²) in [6, 6.07) is 0. The molecule has 2 N–H and O–H groups in total. The Hall–Kier alpha value is -1.65. The van der Waals surface area contributed by atoms with Gasteiger partial charge in [-0.05, 0) is 6.92 Å². The van der Waals surface area contributed by atoms with Crippen molar-refractivity contribution in [2.45, 2.75) is 6.92 Å². The first-order valence-corrected chi connectivity index (χ1v) is 3.13. The molecule has 2 heterocycles. The average molecular weight is 150 g/mol. The van der Waals surface area contributed by atoms with E-state index in [9.17, 15) is 0 Å². The molecule has 2 aromatic heterocycles. The van der Waals surface area contributed by atoms with E-state index in [1.165, 1.54) is 6.33 Å². The molecular formula is C6H6N4O. The van der Waals surface area contributed by atoms with Crippen LogP contribution in [0.3, 0.4) is 0 Å². The van der Waals surface area contributed by atoms with E-state index in [1.807, 2.05) is 6.92 Å². The molecule has 0 spiro atoms. The van der Waals surface area contributed by atoms with E-state index in [-0.39, 0.29) is 5.88 Å². The number of aryl methyl sites for hydroxylation is 1. The molecule has 56 valence electrons. The van der Waals surface area contributed by atoms with Crippen molar-refractivity contribution in [1.82, 2.24) is 20.2 Å². The maximum Gasteiger partial charge on any atom is 0.243 e. The van der Waals surface area contributed by atoms with Crippen molar-refractivity contribution in [2.24, 2.45) is 0 Å². The van der Waals surface area contributed by atoms with Crippen LogP contribution in [-0.4, -0.2) is 25.3 Å². The molecule has 5 heteroatoms. The standard InChI is InChI=1S/C6H6N4O/c1-3-4-5(10-9-3)6(11)8-2-7-4/h2H,1H3,(H,9,10)(H,7,8,11). The summed E-state index contributed by atoms with van der Waals surface area (Å²) >= 11 is 0. The van der Waals surface area contributed by atoms with Gasteiger partial charge in [-0.25, -0.2) is 4.98 Å². The fourth-order valence-corrected chi connectivity index (χ4v) is 0.940. The van der Waals surface area contributed by atoms with Gasteiger partial charge in [0.25, 0.3) is 0 Å². The van der Waals surface area contributed by atoms with Gasteiger partial charge < -0.3 is 5.11 Å². The number of fused-ring (bicyclic) bond motifs is 1. The Labute approximate surface area is 62.1 Å². The normalized spacial score (nSPS) is 10.6. The van der Waals surface area contributed by atoms with Crippen LogP contribution in [0, 0.1) is 6.92 Å². The van der Waals surface area contributed by atoms with Gasteiger partial charge in [0.05, 0.1) is 5.69 Å². The summed E-state index contributed by atoms with van der Waals surface area (Å²) < 4.78 is 0. The molecule has 0 atom stereocenters. The van der Waals surface area contributed by atoms with Gasteiger partial charge in [-0.3, -0.25) is 5.10 Å². The number of rotatable bonds is 0. The van der Waals surface area contributed by atoms with Gasteiger partial charge in [-0.1, -0.05) is 0 Å². The number of nitrogens with zero attached hydrogens (tertiary/aromatic N) is 3. The molecule has 0 saturated carbocycles. The van der Waals surface area contributed by atoms with Crippen LogP contribution >= 0.6 is 0 Å². The summed E-state index contributed by atoms with van der Waals surface area (Å²) in [5, 5.41) is 15.7. The van der Waals surface area contributed by atoms with Crippen LogP contribution in [-0.2, 0) is 0 Å². The van der Waals surface area contributed by atoms with Gasteiger partial charge in [0.2, 0.25) is 5.88 Å². The average Bonchev–Trinajstić information content (AvgIpc) is 2.35. The third-order valence-electron chi connectivity index (χ3n) is 1.49. The van der Waals surface area contributed by atoms with Crippen LogP contribution in [0.4, 0.5) is 0 Å². The minimum atomic E-state index is -0.0839. The zero-order valence-corrected chi connectivity index (χ0v) is 5.87. The molecule has 0 aliphatic rings. The molecule has 0 radical (unpaired) electrons. The molecule has 0 aromatic carbocycles. The monoisotopic (exact) mass is 150 g/mol. The summed E-state index contributed by atoms with van der Waals surface area (Å²) in [7, 11) is 0. The second-order valence-corrected chi connectivity index (χ2v) is 2.24. The van der Waals surface area contributed by atoms with E-state index in [0.29, 0.717) is 11.0 Å². The van der Waals surface area contributed by atoms with Crippen molar-refractivity contribution < 1.29 is 5.11 Å². The topological polar surface area (TPSA) is 74.7 Å². The van der Waals surface area contributed by atoms with E-state index >= 15 is 0 Å². The molecular weight excluding hydrogens is 144 g/mol. The quantitative estimate of drug-likeness (QED) is 0.568. The van der Waals surface area contributed by atoms with Gasteiger partial charge in [0.15, 0.2) is 5.52 Å². The van der Waals surface area contributed by atoms with Gasteiger partial charge in [0.1, 0.15) is 11.8 Å². The molecule has 11 heavy (non-hydrogen) atoms. The molecule has 0 aliphatic heterocycles. The first kappa shape index (κ1) is 6.09. The second kappa shape index (κ2) is 1.91. The lowest BCUT2D eigenvalue weighted by Crippen LogP contribution is -1.80. The van der Waals surface area contributed by atoms with E-state index in [1.54, 1.807) is 0 Å². The van der Waals surface area contributed by atoms with Crippen LogP contribution < -0.4 is 0 Å². The van der Waals surface area contributed by atoms with Crippen molar-refractivity contribution in [1.29, 1.82) is 0 Å². The lowest BCUT2D eigenvalue weighted by atomic mass is 10.4. The van der Waals surface area contributed by atoms with E-state index < -0.39 is 0 Å². The predicted octanol–water partition coefficient (Wildman–Crippen LogP) is 0.367. The Kier molecular flexibility index (Phi) is 1.06. The fourth-order valence-electron chi connectivity index (χ4n) is 0.940. The number of H-pyrrole nitrogens is 1. The second-order valence-electron chi connectivity index (χ2n) is 2.24. The highest BCUT2D eigenvalue weighted by atomic mass is 16.3. The molecule has 0 amide bonds. The van der Waals surface area contributed by atoms with Crippen LogP contribution in [0.5, 0.6) is 5.88 Å². The van der Waals surface area contributed by atoms with Gasteiger partial charge in [0, 0.05) is 0 Å². The number of hydrogen-bond donors (Lipinski definition) is 2. The van der Waals surface area contributed by atoms with Crippen molar-refractivity contribution in [3.8, 4) is 5.88 Å². The van der Waals surface area contributed by atoms with Crippen LogP contribution in [0.25, 0.3) is 11.0 Å². The molecule has 0 bridgehead atoms. The Morgan fingerprint density at radius 3 is 2.91 bits per heavy atom.